The number of hydrogen-bond donors (Lipinski definition) is 0. The van der Waals surface area contributed by atoms with Crippen LogP contribution in [0.25, 0.3) is 16.7 Å². The van der Waals surface area contributed by atoms with Crippen molar-refractivity contribution in [2.45, 2.75) is 19.7 Å². The molecule has 3 aromatic heterocycles. The minimum atomic E-state index is -0.586. The molecular formula is C29H23ClFN5O4. The lowest BCUT2D eigenvalue weighted by molar-refractivity contribution is 0.0744. The van der Waals surface area contributed by atoms with E-state index >= 15 is 0 Å². The first-order valence-corrected chi connectivity index (χ1v) is 12.9. The number of pyridine rings is 1. The smallest absolute Gasteiger partial charge is 0.280 e. The predicted molar refractivity (Wildman–Crippen MR) is 148 cm³/mol. The van der Waals surface area contributed by atoms with E-state index in [-0.39, 0.29) is 52.3 Å². The quantitative estimate of drug-likeness (QED) is 0.315. The summed E-state index contributed by atoms with van der Waals surface area (Å²) in [6, 6.07) is 18.2. The van der Waals surface area contributed by atoms with Crippen molar-refractivity contribution in [3.63, 3.8) is 0 Å². The van der Waals surface area contributed by atoms with E-state index in [2.05, 4.69) is 5.10 Å². The second-order valence-electron chi connectivity index (χ2n) is 9.50. The molecule has 5 aromatic rings. The van der Waals surface area contributed by atoms with Crippen LogP contribution in [-0.4, -0.2) is 43.3 Å². The average molecular weight is 560 g/mol. The summed E-state index contributed by atoms with van der Waals surface area (Å²) >= 11 is 5.99. The number of carbonyl (C=O) groups is 1. The van der Waals surface area contributed by atoms with Crippen LogP contribution in [-0.2, 0) is 19.7 Å². The Labute approximate surface area is 232 Å². The van der Waals surface area contributed by atoms with Crippen LogP contribution < -0.4 is 15.9 Å². The van der Waals surface area contributed by atoms with E-state index in [4.69, 9.17) is 16.3 Å². The standard InChI is InChI=1S/C29H23ClFN5O4/c1-33-13-14-35-24-23(26(25(35)29(33)39)40-17-18-7-3-2-4-8-18)28(38)36(16-19-10-11-21(31)20(30)15-19)32-27(24)34-12-6-5-9-22(34)37/h2-12,15H,13-14,16-17H2,1H3. The summed E-state index contributed by atoms with van der Waals surface area (Å²) in [6.45, 7) is 0.819. The normalized spacial score (nSPS) is 13.1. The second-order valence-corrected chi connectivity index (χ2v) is 9.90. The molecule has 0 saturated carbocycles. The summed E-state index contributed by atoms with van der Waals surface area (Å²) in [5.74, 6) is -0.606. The Hall–Kier alpha value is -4.70. The number of fused-ring (bicyclic) bond motifs is 3. The first-order chi connectivity index (χ1) is 19.3. The number of carbonyl (C=O) groups excluding carboxylic acids is 1. The van der Waals surface area contributed by atoms with Crippen LogP contribution in [0.3, 0.4) is 0 Å². The highest BCUT2D eigenvalue weighted by atomic mass is 35.5. The monoisotopic (exact) mass is 559 g/mol. The molecule has 1 amide bonds. The highest BCUT2D eigenvalue weighted by molar-refractivity contribution is 6.30. The predicted octanol–water partition coefficient (Wildman–Crippen LogP) is 3.85. The molecule has 202 valence electrons. The zero-order chi connectivity index (χ0) is 28.0. The number of nitrogens with zero attached hydrogens (tertiary/aromatic N) is 5. The maximum atomic E-state index is 14.1. The van der Waals surface area contributed by atoms with Crippen molar-refractivity contribution in [3.8, 4) is 11.6 Å². The second kappa shape index (κ2) is 10.1. The zero-order valence-corrected chi connectivity index (χ0v) is 22.1. The van der Waals surface area contributed by atoms with Gasteiger partial charge >= 0.3 is 0 Å². The molecular weight excluding hydrogens is 537 g/mol. The fraction of sp³-hybridized carbons (Fsp3) is 0.172. The lowest BCUT2D eigenvalue weighted by atomic mass is 10.2. The van der Waals surface area contributed by atoms with Gasteiger partial charge in [0.05, 0.1) is 11.6 Å². The van der Waals surface area contributed by atoms with Gasteiger partial charge in [-0.2, -0.15) is 0 Å². The Kier molecular flexibility index (Phi) is 6.47. The molecule has 1 aliphatic heterocycles. The summed E-state index contributed by atoms with van der Waals surface area (Å²) in [4.78, 5) is 42.1. The molecule has 0 unspecified atom stereocenters. The van der Waals surface area contributed by atoms with Crippen molar-refractivity contribution in [2.24, 2.45) is 0 Å². The molecule has 0 saturated heterocycles. The van der Waals surface area contributed by atoms with Crippen LogP contribution in [0.5, 0.6) is 5.75 Å². The third-order valence-electron chi connectivity index (χ3n) is 6.90. The van der Waals surface area contributed by atoms with Crippen LogP contribution in [0.1, 0.15) is 21.6 Å². The lowest BCUT2D eigenvalue weighted by Gasteiger charge is -2.25. The van der Waals surface area contributed by atoms with Gasteiger partial charge in [0.15, 0.2) is 17.3 Å². The fourth-order valence-corrected chi connectivity index (χ4v) is 5.09. The molecule has 4 heterocycles. The Morgan fingerprint density at radius 2 is 1.75 bits per heavy atom. The molecule has 0 aliphatic carbocycles. The molecule has 11 heteroatoms. The number of aromatic nitrogens is 4. The van der Waals surface area contributed by atoms with Gasteiger partial charge in [0.25, 0.3) is 17.0 Å². The summed E-state index contributed by atoms with van der Waals surface area (Å²) in [5.41, 5.74) is 1.02. The van der Waals surface area contributed by atoms with E-state index in [0.717, 1.165) is 5.56 Å². The average Bonchev–Trinajstić information content (AvgIpc) is 3.29. The molecule has 2 aromatic carbocycles. The lowest BCUT2D eigenvalue weighted by Crippen LogP contribution is -2.37. The molecule has 0 fully saturated rings. The summed E-state index contributed by atoms with van der Waals surface area (Å²) < 4.78 is 24.3. The number of amides is 1. The van der Waals surface area contributed by atoms with Crippen molar-refractivity contribution in [1.29, 1.82) is 0 Å². The number of rotatable bonds is 6. The van der Waals surface area contributed by atoms with E-state index in [0.29, 0.717) is 24.2 Å². The van der Waals surface area contributed by atoms with Crippen molar-refractivity contribution in [1.82, 2.24) is 23.8 Å². The maximum absolute atomic E-state index is 14.1. The molecule has 6 rings (SSSR count). The molecule has 0 N–H and O–H groups in total. The molecule has 1 aliphatic rings. The Morgan fingerprint density at radius 1 is 0.975 bits per heavy atom. The van der Waals surface area contributed by atoms with E-state index in [9.17, 15) is 18.8 Å². The van der Waals surface area contributed by atoms with Gasteiger partial charge in [-0.3, -0.25) is 19.0 Å². The van der Waals surface area contributed by atoms with Gasteiger partial charge < -0.3 is 14.2 Å². The number of hydrogen-bond acceptors (Lipinski definition) is 5. The molecule has 40 heavy (non-hydrogen) atoms. The van der Waals surface area contributed by atoms with Gasteiger partial charge in [-0.15, -0.1) is 5.10 Å². The van der Waals surface area contributed by atoms with Gasteiger partial charge in [0.2, 0.25) is 0 Å². The zero-order valence-electron chi connectivity index (χ0n) is 21.4. The van der Waals surface area contributed by atoms with Crippen LogP contribution in [0.4, 0.5) is 4.39 Å². The molecule has 0 bridgehead atoms. The number of likely N-dealkylation sites (N-methyl/N-ethyl adjacent to an activating group) is 1. The number of benzene rings is 2. The summed E-state index contributed by atoms with van der Waals surface area (Å²) in [7, 11) is 1.68. The van der Waals surface area contributed by atoms with E-state index < -0.39 is 11.4 Å². The third-order valence-corrected chi connectivity index (χ3v) is 7.19. The first-order valence-electron chi connectivity index (χ1n) is 12.5. The minimum absolute atomic E-state index is 0.0597. The highest BCUT2D eigenvalue weighted by Gasteiger charge is 2.34. The van der Waals surface area contributed by atoms with Crippen molar-refractivity contribution < 1.29 is 13.9 Å². The van der Waals surface area contributed by atoms with Crippen LogP contribution in [0.15, 0.2) is 82.5 Å². The Balaban J connectivity index is 1.65. The van der Waals surface area contributed by atoms with E-state index in [1.54, 1.807) is 34.8 Å². The topological polar surface area (TPSA) is 91.4 Å². The van der Waals surface area contributed by atoms with Crippen LogP contribution in [0, 0.1) is 5.82 Å². The third kappa shape index (κ3) is 4.36. The maximum Gasteiger partial charge on any atom is 0.280 e. The minimum Gasteiger partial charge on any atom is -0.486 e. The Morgan fingerprint density at radius 3 is 2.50 bits per heavy atom. The molecule has 0 radical (unpaired) electrons. The van der Waals surface area contributed by atoms with E-state index in [1.807, 2.05) is 30.3 Å². The van der Waals surface area contributed by atoms with Gasteiger partial charge in [-0.1, -0.05) is 54.1 Å². The first kappa shape index (κ1) is 25.6. The van der Waals surface area contributed by atoms with Crippen LogP contribution in [0.2, 0.25) is 5.02 Å². The Bertz CT molecular complexity index is 1900. The summed E-state index contributed by atoms with van der Waals surface area (Å²) in [5, 5.41) is 4.63. The SMILES string of the molecule is CN1CCn2c(c(OCc3ccccc3)c3c(=O)n(Cc4ccc(F)c(Cl)c4)nc(-n4ccccc4=O)c32)C1=O. The van der Waals surface area contributed by atoms with Crippen molar-refractivity contribution in [3.05, 3.63) is 121 Å². The number of ether oxygens (including phenoxy) is 1. The van der Waals surface area contributed by atoms with Crippen LogP contribution >= 0.6 is 11.6 Å². The molecule has 0 atom stereocenters. The fourth-order valence-electron chi connectivity index (χ4n) is 4.88. The number of halogens is 2. The van der Waals surface area contributed by atoms with Gasteiger partial charge in [0, 0.05) is 32.4 Å². The van der Waals surface area contributed by atoms with Gasteiger partial charge in [0.1, 0.15) is 23.3 Å². The van der Waals surface area contributed by atoms with E-state index in [1.165, 1.54) is 33.5 Å². The summed E-state index contributed by atoms with van der Waals surface area (Å²) in [6.07, 6.45) is 1.55. The van der Waals surface area contributed by atoms with Crippen molar-refractivity contribution >= 4 is 28.4 Å². The van der Waals surface area contributed by atoms with Gasteiger partial charge in [-0.05, 0) is 29.3 Å². The van der Waals surface area contributed by atoms with Gasteiger partial charge in [-0.25, -0.2) is 9.07 Å². The van der Waals surface area contributed by atoms with Crippen molar-refractivity contribution in [2.75, 3.05) is 13.6 Å². The molecule has 0 spiro atoms. The largest absolute Gasteiger partial charge is 0.486 e. The molecule has 9 nitrogen and oxygen atoms in total. The highest BCUT2D eigenvalue weighted by Crippen LogP contribution is 2.36.